The zero-order valence-electron chi connectivity index (χ0n) is 9.18. The highest BCUT2D eigenvalue weighted by atomic mass is 32.2. The average Bonchev–Trinajstić information content (AvgIpc) is 2.28. The molecule has 2 aromatic rings. The van der Waals surface area contributed by atoms with Gasteiger partial charge in [0.1, 0.15) is 5.75 Å². The van der Waals surface area contributed by atoms with Gasteiger partial charge in [0.2, 0.25) is 0 Å². The Hall–Kier alpha value is -1.41. The van der Waals surface area contributed by atoms with Crippen molar-refractivity contribution >= 4 is 11.8 Å². The summed E-state index contributed by atoms with van der Waals surface area (Å²) in [4.78, 5) is 0.934. The molecule has 0 saturated heterocycles. The topological polar surface area (TPSA) is 20.2 Å². The van der Waals surface area contributed by atoms with Crippen LogP contribution in [0.4, 0.5) is 0 Å². The molecule has 0 aromatic heterocycles. The largest absolute Gasteiger partial charge is 0.507 e. The van der Waals surface area contributed by atoms with Crippen molar-refractivity contribution in [1.82, 2.24) is 0 Å². The minimum atomic E-state index is 0.361. The Morgan fingerprint density at radius 2 is 1.88 bits per heavy atom. The molecule has 0 unspecified atom stereocenters. The molecule has 0 aliphatic carbocycles. The number of para-hydroxylation sites is 1. The summed E-state index contributed by atoms with van der Waals surface area (Å²) in [5.41, 5.74) is 2.56. The number of aryl methyl sites for hydroxylation is 1. The lowest BCUT2D eigenvalue weighted by Crippen LogP contribution is -1.82. The third-order valence-corrected chi connectivity index (χ3v) is 3.48. The van der Waals surface area contributed by atoms with Gasteiger partial charge in [0.05, 0.1) is 0 Å². The molecule has 0 bridgehead atoms. The van der Waals surface area contributed by atoms with E-state index in [1.165, 1.54) is 11.1 Å². The lowest BCUT2D eigenvalue weighted by Gasteiger charge is -2.04. The first-order chi connectivity index (χ1) is 7.75. The molecule has 82 valence electrons. The van der Waals surface area contributed by atoms with E-state index in [0.29, 0.717) is 5.75 Å². The van der Waals surface area contributed by atoms with E-state index in [1.807, 2.05) is 18.2 Å². The molecule has 1 nitrogen and oxygen atoms in total. The first kappa shape index (κ1) is 11.1. The van der Waals surface area contributed by atoms with E-state index in [4.69, 9.17) is 0 Å². The highest BCUT2D eigenvalue weighted by Crippen LogP contribution is 2.30. The molecule has 2 rings (SSSR count). The number of phenols is 1. The molecule has 0 radical (unpaired) electrons. The van der Waals surface area contributed by atoms with Gasteiger partial charge >= 0.3 is 0 Å². The summed E-state index contributed by atoms with van der Waals surface area (Å²) >= 11 is 1.66. The van der Waals surface area contributed by atoms with Crippen LogP contribution in [-0.4, -0.2) is 5.11 Å². The van der Waals surface area contributed by atoms with Crippen molar-refractivity contribution < 1.29 is 5.11 Å². The molecular formula is C14H14OS. The fraction of sp³-hybridized carbons (Fsp3) is 0.143. The molecule has 0 amide bonds. The molecular weight excluding hydrogens is 216 g/mol. The Kier molecular flexibility index (Phi) is 3.52. The second-order valence-electron chi connectivity index (χ2n) is 3.75. The monoisotopic (exact) mass is 230 g/mol. The van der Waals surface area contributed by atoms with E-state index < -0.39 is 0 Å². The highest BCUT2D eigenvalue weighted by molar-refractivity contribution is 7.98. The predicted octanol–water partition coefficient (Wildman–Crippen LogP) is 3.99. The van der Waals surface area contributed by atoms with E-state index in [0.717, 1.165) is 10.6 Å². The van der Waals surface area contributed by atoms with Crippen molar-refractivity contribution in [3.63, 3.8) is 0 Å². The number of benzene rings is 2. The first-order valence-electron chi connectivity index (χ1n) is 5.22. The minimum Gasteiger partial charge on any atom is -0.507 e. The predicted molar refractivity (Wildman–Crippen MR) is 68.8 cm³/mol. The van der Waals surface area contributed by atoms with Crippen molar-refractivity contribution in [3.05, 3.63) is 59.7 Å². The normalized spacial score (nSPS) is 10.3. The number of thioether (sulfide) groups is 1. The Morgan fingerprint density at radius 1 is 1.06 bits per heavy atom. The number of aromatic hydroxyl groups is 1. The number of rotatable bonds is 3. The molecule has 0 atom stereocenters. The van der Waals surface area contributed by atoms with Gasteiger partial charge in [-0.2, -0.15) is 0 Å². The van der Waals surface area contributed by atoms with Crippen molar-refractivity contribution in [2.75, 3.05) is 0 Å². The van der Waals surface area contributed by atoms with E-state index >= 15 is 0 Å². The maximum Gasteiger partial charge on any atom is 0.129 e. The molecule has 0 spiro atoms. The van der Waals surface area contributed by atoms with Crippen LogP contribution in [0.3, 0.4) is 0 Å². The first-order valence-corrected chi connectivity index (χ1v) is 6.20. The van der Waals surface area contributed by atoms with Gasteiger partial charge in [-0.3, -0.25) is 0 Å². The van der Waals surface area contributed by atoms with Crippen LogP contribution in [0.1, 0.15) is 11.1 Å². The Labute approximate surface area is 100 Å². The molecule has 0 saturated carbocycles. The van der Waals surface area contributed by atoms with Crippen LogP contribution in [0, 0.1) is 6.92 Å². The summed E-state index contributed by atoms with van der Waals surface area (Å²) in [5.74, 6) is 1.25. The summed E-state index contributed by atoms with van der Waals surface area (Å²) in [6.45, 7) is 2.09. The van der Waals surface area contributed by atoms with Crippen LogP contribution in [0.25, 0.3) is 0 Å². The third-order valence-electron chi connectivity index (χ3n) is 2.34. The van der Waals surface area contributed by atoms with E-state index in [2.05, 4.69) is 31.2 Å². The van der Waals surface area contributed by atoms with Crippen LogP contribution in [0.2, 0.25) is 0 Å². The maximum absolute atomic E-state index is 9.62. The standard InChI is InChI=1S/C14H14OS/c1-11-5-4-6-12(9-11)10-16-14-8-3-2-7-13(14)15/h2-9,15H,10H2,1H3. The fourth-order valence-electron chi connectivity index (χ4n) is 1.54. The summed E-state index contributed by atoms with van der Waals surface area (Å²) in [6, 6.07) is 15.9. The van der Waals surface area contributed by atoms with Crippen molar-refractivity contribution in [3.8, 4) is 5.75 Å². The third kappa shape index (κ3) is 2.80. The average molecular weight is 230 g/mol. The van der Waals surface area contributed by atoms with Gasteiger partial charge in [-0.15, -0.1) is 11.8 Å². The fourth-order valence-corrected chi connectivity index (χ4v) is 2.43. The smallest absolute Gasteiger partial charge is 0.129 e. The quantitative estimate of drug-likeness (QED) is 0.804. The lowest BCUT2D eigenvalue weighted by molar-refractivity contribution is 0.462. The Bertz CT molecular complexity index is 480. The van der Waals surface area contributed by atoms with Gasteiger partial charge in [0, 0.05) is 10.6 Å². The number of hydrogen-bond acceptors (Lipinski definition) is 2. The van der Waals surface area contributed by atoms with Crippen molar-refractivity contribution in [1.29, 1.82) is 0 Å². The number of phenolic OH excluding ortho intramolecular Hbond substituents is 1. The van der Waals surface area contributed by atoms with Crippen LogP contribution in [0.5, 0.6) is 5.75 Å². The zero-order chi connectivity index (χ0) is 11.4. The zero-order valence-corrected chi connectivity index (χ0v) is 10.00. The second kappa shape index (κ2) is 5.08. The Morgan fingerprint density at radius 3 is 2.62 bits per heavy atom. The van der Waals surface area contributed by atoms with Crippen molar-refractivity contribution in [2.45, 2.75) is 17.6 Å². The maximum atomic E-state index is 9.62. The van der Waals surface area contributed by atoms with Gasteiger partial charge in [-0.25, -0.2) is 0 Å². The van der Waals surface area contributed by atoms with Gasteiger partial charge in [0.15, 0.2) is 0 Å². The van der Waals surface area contributed by atoms with Crippen LogP contribution < -0.4 is 0 Å². The summed E-state index contributed by atoms with van der Waals surface area (Å²) in [5, 5.41) is 9.62. The molecule has 0 aliphatic heterocycles. The highest BCUT2D eigenvalue weighted by Gasteiger charge is 2.00. The summed E-state index contributed by atoms with van der Waals surface area (Å²) in [7, 11) is 0. The Balaban J connectivity index is 2.05. The molecule has 2 aromatic carbocycles. The van der Waals surface area contributed by atoms with Gasteiger partial charge in [-0.05, 0) is 24.6 Å². The lowest BCUT2D eigenvalue weighted by atomic mass is 10.2. The van der Waals surface area contributed by atoms with E-state index in [9.17, 15) is 5.11 Å². The van der Waals surface area contributed by atoms with E-state index in [-0.39, 0.29) is 0 Å². The molecule has 16 heavy (non-hydrogen) atoms. The summed E-state index contributed by atoms with van der Waals surface area (Å²) < 4.78 is 0. The van der Waals surface area contributed by atoms with E-state index in [1.54, 1.807) is 17.8 Å². The molecule has 1 N–H and O–H groups in total. The van der Waals surface area contributed by atoms with Crippen LogP contribution in [-0.2, 0) is 5.75 Å². The van der Waals surface area contributed by atoms with Gasteiger partial charge in [0.25, 0.3) is 0 Å². The van der Waals surface area contributed by atoms with Gasteiger partial charge < -0.3 is 5.11 Å². The van der Waals surface area contributed by atoms with Crippen LogP contribution in [0.15, 0.2) is 53.4 Å². The van der Waals surface area contributed by atoms with Crippen molar-refractivity contribution in [2.24, 2.45) is 0 Å². The number of hydrogen-bond donors (Lipinski definition) is 1. The molecule has 0 fully saturated rings. The minimum absolute atomic E-state index is 0.361. The second-order valence-corrected chi connectivity index (χ2v) is 4.76. The molecule has 0 heterocycles. The SMILES string of the molecule is Cc1cccc(CSc2ccccc2O)c1. The molecule has 0 aliphatic rings. The molecule has 2 heteroatoms. The summed E-state index contributed by atoms with van der Waals surface area (Å²) in [6.07, 6.45) is 0. The van der Waals surface area contributed by atoms with Crippen LogP contribution >= 0.6 is 11.8 Å². The van der Waals surface area contributed by atoms with Gasteiger partial charge in [-0.1, -0.05) is 42.0 Å².